The van der Waals surface area contributed by atoms with Gasteiger partial charge in [0.15, 0.2) is 5.60 Å². The van der Waals surface area contributed by atoms with Crippen molar-refractivity contribution in [3.8, 4) is 5.75 Å². The Morgan fingerprint density at radius 1 is 0.703 bits per heavy atom. The smallest absolute Gasteiger partial charge is 0.159 e. The molecule has 0 aliphatic carbocycles. The molecule has 0 fully saturated rings. The number of ether oxygens (including phenoxy) is 1. The number of fused-ring (bicyclic) bond motifs is 8. The van der Waals surface area contributed by atoms with Crippen LogP contribution in [0.1, 0.15) is 42.9 Å². The first-order valence-electron chi connectivity index (χ1n) is 13.6. The van der Waals surface area contributed by atoms with Crippen LogP contribution in [0, 0.1) is 0 Å². The number of unbranched alkanes of at least 4 members (excludes halogenated alkanes) is 1. The molecule has 0 amide bonds. The zero-order valence-corrected chi connectivity index (χ0v) is 21.3. The van der Waals surface area contributed by atoms with E-state index < -0.39 is 5.60 Å². The van der Waals surface area contributed by atoms with Gasteiger partial charge in [-0.2, -0.15) is 0 Å². The number of para-hydroxylation sites is 1. The Balaban J connectivity index is 1.57. The molecule has 1 aromatic heterocycles. The lowest BCUT2D eigenvalue weighted by molar-refractivity contribution is 0.0877. The van der Waals surface area contributed by atoms with Crippen LogP contribution in [0.3, 0.4) is 0 Å². The second kappa shape index (κ2) is 8.81. The number of aromatic nitrogens is 1. The van der Waals surface area contributed by atoms with Crippen molar-refractivity contribution in [2.75, 3.05) is 0 Å². The Labute approximate surface area is 218 Å². The van der Waals surface area contributed by atoms with E-state index in [2.05, 4.69) is 121 Å². The van der Waals surface area contributed by atoms with Crippen molar-refractivity contribution in [3.63, 3.8) is 0 Å². The normalized spacial score (nSPS) is 14.6. The van der Waals surface area contributed by atoms with Gasteiger partial charge in [0.2, 0.25) is 0 Å². The molecule has 0 saturated carbocycles. The Morgan fingerprint density at radius 2 is 1.30 bits per heavy atom. The number of nitrogens with zero attached hydrogens (tertiary/aromatic N) is 1. The second-order valence-corrected chi connectivity index (χ2v) is 10.3. The van der Waals surface area contributed by atoms with Crippen LogP contribution < -0.4 is 4.74 Å². The van der Waals surface area contributed by atoms with Crippen LogP contribution in [0.4, 0.5) is 0 Å². The van der Waals surface area contributed by atoms with Crippen LogP contribution in [0.5, 0.6) is 5.75 Å². The molecule has 37 heavy (non-hydrogen) atoms. The molecule has 2 heterocycles. The molecule has 0 radical (unpaired) electrons. The lowest BCUT2D eigenvalue weighted by atomic mass is 9.78. The van der Waals surface area contributed by atoms with Gasteiger partial charge in [0, 0.05) is 33.8 Å². The van der Waals surface area contributed by atoms with Gasteiger partial charge in [0.25, 0.3) is 0 Å². The van der Waals surface area contributed by atoms with Crippen LogP contribution in [0.15, 0.2) is 109 Å². The maximum atomic E-state index is 7.36. The van der Waals surface area contributed by atoms with Gasteiger partial charge in [-0.3, -0.25) is 0 Å². The highest BCUT2D eigenvalue weighted by Gasteiger charge is 2.41. The molecule has 2 heteroatoms. The van der Waals surface area contributed by atoms with Crippen molar-refractivity contribution < 1.29 is 4.74 Å². The van der Waals surface area contributed by atoms with Crippen molar-refractivity contribution in [2.24, 2.45) is 0 Å². The van der Waals surface area contributed by atoms with E-state index in [0.717, 1.165) is 31.6 Å². The van der Waals surface area contributed by atoms with E-state index in [0.29, 0.717) is 0 Å². The third-order valence-electron chi connectivity index (χ3n) is 8.19. The molecule has 0 bridgehead atoms. The van der Waals surface area contributed by atoms with Crippen molar-refractivity contribution in [1.29, 1.82) is 0 Å². The van der Waals surface area contributed by atoms with Crippen LogP contribution in [-0.4, -0.2) is 4.57 Å². The quantitative estimate of drug-likeness (QED) is 0.240. The van der Waals surface area contributed by atoms with Crippen LogP contribution in [0.2, 0.25) is 0 Å². The summed E-state index contributed by atoms with van der Waals surface area (Å²) in [6.45, 7) is 3.30. The monoisotopic (exact) mass is 481 g/mol. The molecule has 182 valence electrons. The topological polar surface area (TPSA) is 14.2 Å². The van der Waals surface area contributed by atoms with E-state index in [9.17, 15) is 0 Å². The number of aryl methyl sites for hydroxylation is 2. The highest BCUT2D eigenvalue weighted by molar-refractivity contribution is 6.23. The van der Waals surface area contributed by atoms with Crippen molar-refractivity contribution in [1.82, 2.24) is 4.57 Å². The summed E-state index contributed by atoms with van der Waals surface area (Å²) < 4.78 is 9.93. The summed E-state index contributed by atoms with van der Waals surface area (Å²) in [5, 5.41) is 5.20. The number of rotatable bonds is 5. The van der Waals surface area contributed by atoms with E-state index in [-0.39, 0.29) is 0 Å². The predicted octanol–water partition coefficient (Wildman–Crippen LogP) is 9.02. The summed E-state index contributed by atoms with van der Waals surface area (Å²) in [5.41, 5.74) is 5.94. The first-order valence-corrected chi connectivity index (χ1v) is 13.6. The fraction of sp³-hybridized carbons (Fsp3) is 0.200. The fourth-order valence-corrected chi connectivity index (χ4v) is 6.47. The highest BCUT2D eigenvalue weighted by atomic mass is 16.5. The third kappa shape index (κ3) is 3.32. The van der Waals surface area contributed by atoms with E-state index in [1.807, 2.05) is 0 Å². The van der Waals surface area contributed by atoms with Crippen molar-refractivity contribution >= 4 is 32.6 Å². The van der Waals surface area contributed by atoms with Gasteiger partial charge in [-0.05, 0) is 41.8 Å². The van der Waals surface area contributed by atoms with E-state index in [1.54, 1.807) is 0 Å². The molecule has 6 aromatic rings. The molecule has 5 aromatic carbocycles. The molecule has 2 nitrogen and oxygen atoms in total. The lowest BCUT2D eigenvalue weighted by Gasteiger charge is -2.40. The maximum Gasteiger partial charge on any atom is 0.159 e. The SMILES string of the molecule is CCCCn1c2ccccc2c2c3ccccc3c3c(c21)CCC(c1ccccc1)(c1ccccc1)O3. The first kappa shape index (κ1) is 22.2. The Kier molecular flexibility index (Phi) is 5.28. The fourth-order valence-electron chi connectivity index (χ4n) is 6.47. The number of benzene rings is 5. The molecule has 0 unspecified atom stereocenters. The Morgan fingerprint density at radius 3 is 1.97 bits per heavy atom. The Bertz CT molecular complexity index is 1690. The summed E-state index contributed by atoms with van der Waals surface area (Å²) in [5.74, 6) is 1.04. The average molecular weight is 482 g/mol. The number of hydrogen-bond acceptors (Lipinski definition) is 1. The molecule has 0 saturated heterocycles. The van der Waals surface area contributed by atoms with Crippen molar-refractivity contribution in [3.05, 3.63) is 126 Å². The minimum Gasteiger partial charge on any atom is -0.477 e. The van der Waals surface area contributed by atoms with Gasteiger partial charge < -0.3 is 9.30 Å². The van der Waals surface area contributed by atoms with Crippen LogP contribution in [-0.2, 0) is 18.6 Å². The van der Waals surface area contributed by atoms with E-state index >= 15 is 0 Å². The lowest BCUT2D eigenvalue weighted by Crippen LogP contribution is -2.38. The highest BCUT2D eigenvalue weighted by Crippen LogP contribution is 2.51. The summed E-state index contributed by atoms with van der Waals surface area (Å²) in [6.07, 6.45) is 4.19. The average Bonchev–Trinajstić information content (AvgIpc) is 3.31. The summed E-state index contributed by atoms with van der Waals surface area (Å²) in [4.78, 5) is 0. The molecular formula is C35H31NO. The zero-order valence-electron chi connectivity index (χ0n) is 21.3. The molecule has 1 aliphatic heterocycles. The van der Waals surface area contributed by atoms with Crippen LogP contribution in [0.25, 0.3) is 32.6 Å². The van der Waals surface area contributed by atoms with Gasteiger partial charge in [0.1, 0.15) is 5.75 Å². The predicted molar refractivity (Wildman–Crippen MR) is 154 cm³/mol. The van der Waals surface area contributed by atoms with E-state index in [1.165, 1.54) is 55.7 Å². The first-order chi connectivity index (χ1) is 18.3. The van der Waals surface area contributed by atoms with Gasteiger partial charge in [-0.1, -0.05) is 116 Å². The van der Waals surface area contributed by atoms with Gasteiger partial charge in [0.05, 0.1) is 5.52 Å². The standard InChI is InChI=1S/C35H31NO/c1-2-3-24-36-31-21-13-12-20-29(31)32-27-18-10-11-19-28(27)34-30(33(32)36)22-23-35(37-34,25-14-6-4-7-15-25)26-16-8-5-9-17-26/h4-21H,2-3,22-24H2,1H3. The second-order valence-electron chi connectivity index (χ2n) is 10.3. The van der Waals surface area contributed by atoms with Crippen LogP contribution >= 0.6 is 0 Å². The third-order valence-corrected chi connectivity index (χ3v) is 8.19. The Hall–Kier alpha value is -4.04. The molecule has 0 spiro atoms. The molecule has 0 atom stereocenters. The van der Waals surface area contributed by atoms with E-state index in [4.69, 9.17) is 4.74 Å². The minimum atomic E-state index is -0.522. The molecule has 0 N–H and O–H groups in total. The van der Waals surface area contributed by atoms with Gasteiger partial charge >= 0.3 is 0 Å². The number of hydrogen-bond donors (Lipinski definition) is 0. The largest absolute Gasteiger partial charge is 0.477 e. The summed E-state index contributed by atoms with van der Waals surface area (Å²) in [7, 11) is 0. The summed E-state index contributed by atoms with van der Waals surface area (Å²) >= 11 is 0. The zero-order chi connectivity index (χ0) is 24.8. The minimum absolute atomic E-state index is 0.522. The van der Waals surface area contributed by atoms with Gasteiger partial charge in [-0.25, -0.2) is 0 Å². The van der Waals surface area contributed by atoms with Crippen molar-refractivity contribution in [2.45, 2.75) is 44.8 Å². The maximum absolute atomic E-state index is 7.36. The molecule has 1 aliphatic rings. The molecule has 7 rings (SSSR count). The molecular weight excluding hydrogens is 450 g/mol. The van der Waals surface area contributed by atoms with Gasteiger partial charge in [-0.15, -0.1) is 0 Å². The summed E-state index contributed by atoms with van der Waals surface area (Å²) in [6, 6.07) is 39.3.